The summed E-state index contributed by atoms with van der Waals surface area (Å²) in [7, 11) is 0. The Morgan fingerprint density at radius 2 is 1.94 bits per heavy atom. The topological polar surface area (TPSA) is 0 Å². The lowest BCUT2D eigenvalue weighted by Gasteiger charge is -2.09. The zero-order valence-electron chi connectivity index (χ0n) is 7.88. The fraction of sp³-hybridized carbons (Fsp3) is 0.0909. The summed E-state index contributed by atoms with van der Waals surface area (Å²) >= 11 is 18.4. The second kappa shape index (κ2) is 5.53. The van der Waals surface area contributed by atoms with Crippen LogP contribution in [0.3, 0.4) is 0 Å². The Labute approximate surface area is 128 Å². The highest BCUT2D eigenvalue weighted by atomic mass is 79.9. The molecule has 0 amide bonds. The van der Waals surface area contributed by atoms with Crippen LogP contribution in [0.25, 0.3) is 0 Å². The summed E-state index contributed by atoms with van der Waals surface area (Å²) in [4.78, 5) is 0.156. The van der Waals surface area contributed by atoms with E-state index in [2.05, 4.69) is 59.9 Å². The molecule has 16 heavy (non-hydrogen) atoms. The van der Waals surface area contributed by atoms with Gasteiger partial charge in [-0.2, -0.15) is 0 Å². The minimum atomic E-state index is 0.156. The SMILES string of the molecule is Clc1cccc(C(Br)c2cc(Br)sc2Br)c1. The van der Waals surface area contributed by atoms with Crippen LogP contribution in [0, 0.1) is 0 Å². The molecule has 2 rings (SSSR count). The molecule has 84 valence electrons. The van der Waals surface area contributed by atoms with Gasteiger partial charge in [-0.05, 0) is 61.2 Å². The molecule has 1 aromatic carbocycles. The number of alkyl halides is 1. The van der Waals surface area contributed by atoms with Crippen LogP contribution in [-0.4, -0.2) is 0 Å². The second-order valence-corrected chi connectivity index (χ2v) is 8.30. The van der Waals surface area contributed by atoms with E-state index >= 15 is 0 Å². The van der Waals surface area contributed by atoms with Gasteiger partial charge in [0.15, 0.2) is 0 Å². The van der Waals surface area contributed by atoms with Crippen molar-refractivity contribution in [1.82, 2.24) is 0 Å². The van der Waals surface area contributed by atoms with E-state index in [1.807, 2.05) is 18.2 Å². The van der Waals surface area contributed by atoms with Crippen molar-refractivity contribution >= 4 is 70.7 Å². The van der Waals surface area contributed by atoms with Crippen molar-refractivity contribution < 1.29 is 0 Å². The number of hydrogen-bond donors (Lipinski definition) is 0. The van der Waals surface area contributed by atoms with Crippen LogP contribution < -0.4 is 0 Å². The maximum atomic E-state index is 5.98. The third kappa shape index (κ3) is 2.91. The first-order valence-electron chi connectivity index (χ1n) is 4.42. The molecule has 0 aliphatic carbocycles. The van der Waals surface area contributed by atoms with Crippen LogP contribution in [0.1, 0.15) is 16.0 Å². The number of benzene rings is 1. The second-order valence-electron chi connectivity index (χ2n) is 3.20. The van der Waals surface area contributed by atoms with Crippen molar-refractivity contribution in [3.05, 3.63) is 54.1 Å². The first kappa shape index (κ1) is 13.1. The van der Waals surface area contributed by atoms with Gasteiger partial charge in [0.05, 0.1) is 12.4 Å². The fourth-order valence-corrected chi connectivity index (χ4v) is 5.58. The van der Waals surface area contributed by atoms with Gasteiger partial charge in [-0.25, -0.2) is 0 Å². The van der Waals surface area contributed by atoms with Crippen molar-refractivity contribution in [3.8, 4) is 0 Å². The largest absolute Gasteiger partial charge is 0.121 e. The van der Waals surface area contributed by atoms with Crippen LogP contribution in [0.15, 0.2) is 37.9 Å². The number of hydrogen-bond acceptors (Lipinski definition) is 1. The van der Waals surface area contributed by atoms with Gasteiger partial charge in [-0.3, -0.25) is 0 Å². The predicted octanol–water partition coefficient (Wildman–Crippen LogP) is 6.41. The first-order valence-corrected chi connectivity index (χ1v) is 8.12. The zero-order valence-corrected chi connectivity index (χ0v) is 14.2. The highest BCUT2D eigenvalue weighted by molar-refractivity contribution is 9.12. The Bertz CT molecular complexity index is 510. The molecule has 0 fully saturated rings. The summed E-state index contributed by atoms with van der Waals surface area (Å²) in [6.45, 7) is 0. The van der Waals surface area contributed by atoms with Crippen molar-refractivity contribution in [2.75, 3.05) is 0 Å². The van der Waals surface area contributed by atoms with Crippen LogP contribution in [0.2, 0.25) is 5.02 Å². The Morgan fingerprint density at radius 3 is 2.50 bits per heavy atom. The standard InChI is InChI=1S/C11H6Br3ClS/c12-9-5-8(11(14)16-9)10(13)6-2-1-3-7(15)4-6/h1-5,10H. The molecule has 0 saturated heterocycles. The van der Waals surface area contributed by atoms with Gasteiger partial charge in [0, 0.05) is 5.02 Å². The molecule has 0 bridgehead atoms. The molecule has 1 heterocycles. The first-order chi connectivity index (χ1) is 7.58. The lowest BCUT2D eigenvalue weighted by Crippen LogP contribution is -1.90. The summed E-state index contributed by atoms with van der Waals surface area (Å²) < 4.78 is 2.24. The highest BCUT2D eigenvalue weighted by Gasteiger charge is 2.16. The molecule has 0 nitrogen and oxygen atoms in total. The van der Waals surface area contributed by atoms with E-state index in [1.165, 1.54) is 5.56 Å². The zero-order chi connectivity index (χ0) is 11.7. The average Bonchev–Trinajstić information content (AvgIpc) is 2.57. The number of halogens is 4. The van der Waals surface area contributed by atoms with Gasteiger partial charge >= 0.3 is 0 Å². The fourth-order valence-electron chi connectivity index (χ4n) is 1.37. The van der Waals surface area contributed by atoms with Gasteiger partial charge in [0.2, 0.25) is 0 Å². The molecule has 0 aliphatic heterocycles. The normalized spacial score (nSPS) is 12.8. The summed E-state index contributed by atoms with van der Waals surface area (Å²) in [5, 5.41) is 0.757. The van der Waals surface area contributed by atoms with Crippen molar-refractivity contribution in [1.29, 1.82) is 0 Å². The van der Waals surface area contributed by atoms with E-state index in [0.717, 1.165) is 18.2 Å². The summed E-state index contributed by atoms with van der Waals surface area (Å²) in [5.74, 6) is 0. The molecule has 0 radical (unpaired) electrons. The van der Waals surface area contributed by atoms with Crippen LogP contribution in [0.5, 0.6) is 0 Å². The molecule has 0 saturated carbocycles. The molecular formula is C11H6Br3ClS. The molecular weight excluding hydrogens is 439 g/mol. The summed E-state index contributed by atoms with van der Waals surface area (Å²) in [5.41, 5.74) is 2.36. The maximum absolute atomic E-state index is 5.98. The molecule has 2 aromatic rings. The van der Waals surface area contributed by atoms with E-state index in [-0.39, 0.29) is 4.83 Å². The smallest absolute Gasteiger partial charge is 0.0757 e. The molecule has 5 heteroatoms. The monoisotopic (exact) mass is 442 g/mol. The molecule has 0 spiro atoms. The molecule has 1 atom stereocenters. The van der Waals surface area contributed by atoms with Gasteiger partial charge in [-0.1, -0.05) is 39.7 Å². The number of thiophene rings is 1. The Kier molecular flexibility index (Phi) is 4.52. The minimum Gasteiger partial charge on any atom is -0.121 e. The van der Waals surface area contributed by atoms with E-state index in [4.69, 9.17) is 11.6 Å². The van der Waals surface area contributed by atoms with Crippen molar-refractivity contribution in [2.45, 2.75) is 4.83 Å². The lowest BCUT2D eigenvalue weighted by atomic mass is 10.1. The average molecular weight is 445 g/mol. The van der Waals surface area contributed by atoms with E-state index in [0.29, 0.717) is 0 Å². The Balaban J connectivity index is 2.38. The van der Waals surface area contributed by atoms with E-state index in [1.54, 1.807) is 11.3 Å². The molecule has 1 unspecified atom stereocenters. The van der Waals surface area contributed by atoms with Crippen molar-refractivity contribution in [3.63, 3.8) is 0 Å². The van der Waals surface area contributed by atoms with Crippen LogP contribution in [-0.2, 0) is 0 Å². The van der Waals surface area contributed by atoms with Crippen LogP contribution >= 0.6 is 70.7 Å². The third-order valence-electron chi connectivity index (χ3n) is 2.10. The lowest BCUT2D eigenvalue weighted by molar-refractivity contribution is 1.18. The molecule has 0 N–H and O–H groups in total. The quantitative estimate of drug-likeness (QED) is 0.469. The van der Waals surface area contributed by atoms with Crippen LogP contribution in [0.4, 0.5) is 0 Å². The van der Waals surface area contributed by atoms with E-state index < -0.39 is 0 Å². The molecule has 1 aromatic heterocycles. The highest BCUT2D eigenvalue weighted by Crippen LogP contribution is 2.42. The number of rotatable bonds is 2. The van der Waals surface area contributed by atoms with Gasteiger partial charge in [0.1, 0.15) is 0 Å². The minimum absolute atomic E-state index is 0.156. The third-order valence-corrected chi connectivity index (χ3v) is 5.74. The maximum Gasteiger partial charge on any atom is 0.0757 e. The predicted molar refractivity (Wildman–Crippen MR) is 81.9 cm³/mol. The Morgan fingerprint density at radius 1 is 1.19 bits per heavy atom. The summed E-state index contributed by atoms with van der Waals surface area (Å²) in [6.07, 6.45) is 0. The van der Waals surface area contributed by atoms with Gasteiger partial charge in [-0.15, -0.1) is 11.3 Å². The Hall–Kier alpha value is 0.650. The molecule has 0 aliphatic rings. The van der Waals surface area contributed by atoms with Gasteiger partial charge in [0.25, 0.3) is 0 Å². The van der Waals surface area contributed by atoms with Gasteiger partial charge < -0.3 is 0 Å². The van der Waals surface area contributed by atoms with Crippen molar-refractivity contribution in [2.24, 2.45) is 0 Å². The summed E-state index contributed by atoms with van der Waals surface area (Å²) in [6, 6.07) is 9.97. The van der Waals surface area contributed by atoms with E-state index in [9.17, 15) is 0 Å².